The van der Waals surface area contributed by atoms with Gasteiger partial charge in [0, 0.05) is 19.3 Å². The van der Waals surface area contributed by atoms with E-state index in [1.807, 2.05) is 0 Å². The highest BCUT2D eigenvalue weighted by atomic mass is 16.4. The number of nitrogens with one attached hydrogen (secondary N) is 1. The van der Waals surface area contributed by atoms with E-state index in [2.05, 4.69) is 4.98 Å². The molecule has 0 unspecified atom stereocenters. The highest BCUT2D eigenvalue weighted by Crippen LogP contribution is 1.98. The van der Waals surface area contributed by atoms with Crippen LogP contribution in [0.1, 0.15) is 10.4 Å². The number of carboxylic acids is 1. The number of rotatable bonds is 3. The summed E-state index contributed by atoms with van der Waals surface area (Å²) >= 11 is 0. The molecule has 6 heteroatoms. The van der Waals surface area contributed by atoms with E-state index in [4.69, 9.17) is 5.11 Å². The molecule has 1 heterocycles. The van der Waals surface area contributed by atoms with Gasteiger partial charge in [-0.15, -0.1) is 0 Å². The van der Waals surface area contributed by atoms with Crippen LogP contribution in [0.4, 0.5) is 0 Å². The number of carboxylic acid groups (broad SMARTS) is 1. The molecule has 15 heavy (non-hydrogen) atoms. The van der Waals surface area contributed by atoms with Gasteiger partial charge in [-0.1, -0.05) is 0 Å². The van der Waals surface area contributed by atoms with Crippen LogP contribution in [0.5, 0.6) is 0 Å². The molecule has 0 aliphatic heterocycles. The van der Waals surface area contributed by atoms with Crippen LogP contribution in [0.2, 0.25) is 0 Å². The van der Waals surface area contributed by atoms with E-state index in [1.165, 1.54) is 25.4 Å². The Labute approximate surface area is 85.1 Å². The zero-order valence-corrected chi connectivity index (χ0v) is 8.06. The van der Waals surface area contributed by atoms with Crippen molar-refractivity contribution in [3.63, 3.8) is 0 Å². The zero-order valence-electron chi connectivity index (χ0n) is 8.06. The molecule has 0 aliphatic rings. The molecule has 1 aromatic rings. The molecular formula is C9H10N2O4. The third-order valence-corrected chi connectivity index (χ3v) is 1.75. The van der Waals surface area contributed by atoms with Gasteiger partial charge in [-0.25, -0.2) is 0 Å². The monoisotopic (exact) mass is 210 g/mol. The number of hydrogen-bond acceptors (Lipinski definition) is 3. The van der Waals surface area contributed by atoms with Gasteiger partial charge >= 0.3 is 5.97 Å². The third-order valence-electron chi connectivity index (χ3n) is 1.75. The fourth-order valence-electron chi connectivity index (χ4n) is 1.04. The Bertz CT molecular complexity index is 417. The molecule has 0 aromatic carbocycles. The largest absolute Gasteiger partial charge is 0.480 e. The van der Waals surface area contributed by atoms with Crippen LogP contribution in [0.3, 0.4) is 0 Å². The second kappa shape index (κ2) is 4.41. The molecule has 2 N–H and O–H groups in total. The molecule has 1 aromatic heterocycles. The zero-order chi connectivity index (χ0) is 11.4. The number of pyridine rings is 1. The van der Waals surface area contributed by atoms with Crippen LogP contribution in [0.15, 0.2) is 23.1 Å². The normalized spacial score (nSPS) is 9.67. The van der Waals surface area contributed by atoms with E-state index in [9.17, 15) is 14.4 Å². The van der Waals surface area contributed by atoms with Crippen molar-refractivity contribution in [2.24, 2.45) is 0 Å². The van der Waals surface area contributed by atoms with Crippen molar-refractivity contribution in [2.45, 2.75) is 0 Å². The van der Waals surface area contributed by atoms with Crippen LogP contribution >= 0.6 is 0 Å². The van der Waals surface area contributed by atoms with Crippen LogP contribution in [-0.2, 0) is 4.79 Å². The van der Waals surface area contributed by atoms with E-state index >= 15 is 0 Å². The molecule has 0 saturated carbocycles. The highest BCUT2D eigenvalue weighted by Gasteiger charge is 2.13. The average molecular weight is 210 g/mol. The molecule has 0 fully saturated rings. The minimum Gasteiger partial charge on any atom is -0.480 e. The number of nitrogens with zero attached hydrogens (tertiary/aromatic N) is 1. The molecule has 1 amide bonds. The summed E-state index contributed by atoms with van der Waals surface area (Å²) in [5, 5.41) is 8.47. The Hall–Kier alpha value is -2.11. The van der Waals surface area contributed by atoms with Gasteiger partial charge in [0.05, 0.1) is 5.56 Å². The summed E-state index contributed by atoms with van der Waals surface area (Å²) < 4.78 is 0. The Morgan fingerprint density at radius 1 is 1.47 bits per heavy atom. The standard InChI is InChI=1S/C9H10N2O4/c1-11(5-8(13)14)9(15)6-2-3-7(12)10-4-6/h2-4H,5H2,1H3,(H,10,12)(H,13,14). The van der Waals surface area contributed by atoms with Crippen LogP contribution < -0.4 is 5.56 Å². The van der Waals surface area contributed by atoms with Crippen LogP contribution in [0.25, 0.3) is 0 Å². The van der Waals surface area contributed by atoms with Crippen molar-refractivity contribution >= 4 is 11.9 Å². The fraction of sp³-hybridized carbons (Fsp3) is 0.222. The van der Waals surface area contributed by atoms with Gasteiger partial charge < -0.3 is 15.0 Å². The summed E-state index contributed by atoms with van der Waals surface area (Å²) in [6.07, 6.45) is 1.25. The van der Waals surface area contributed by atoms with Gasteiger partial charge in [0.15, 0.2) is 0 Å². The lowest BCUT2D eigenvalue weighted by atomic mass is 10.2. The van der Waals surface area contributed by atoms with E-state index in [1.54, 1.807) is 0 Å². The number of likely N-dealkylation sites (N-methyl/N-ethyl adjacent to an activating group) is 1. The molecule has 80 valence electrons. The van der Waals surface area contributed by atoms with Crippen LogP contribution in [0, 0.1) is 0 Å². The van der Waals surface area contributed by atoms with Gasteiger partial charge in [0.2, 0.25) is 5.56 Å². The van der Waals surface area contributed by atoms with Gasteiger partial charge in [-0.2, -0.15) is 0 Å². The first-order valence-electron chi connectivity index (χ1n) is 4.16. The molecule has 0 spiro atoms. The quantitative estimate of drug-likeness (QED) is 0.705. The van der Waals surface area contributed by atoms with Crippen molar-refractivity contribution < 1.29 is 14.7 Å². The van der Waals surface area contributed by atoms with Crippen molar-refractivity contribution in [1.29, 1.82) is 0 Å². The second-order valence-electron chi connectivity index (χ2n) is 3.00. The highest BCUT2D eigenvalue weighted by molar-refractivity contribution is 5.95. The van der Waals surface area contributed by atoms with E-state index in [0.29, 0.717) is 0 Å². The first-order valence-corrected chi connectivity index (χ1v) is 4.16. The number of aliphatic carboxylic acids is 1. The minimum atomic E-state index is -1.09. The first-order chi connectivity index (χ1) is 7.00. The van der Waals surface area contributed by atoms with Crippen LogP contribution in [-0.4, -0.2) is 40.5 Å². The predicted octanol–water partition coefficient (Wildman–Crippen LogP) is -0.468. The summed E-state index contributed by atoms with van der Waals surface area (Å²) in [7, 11) is 1.38. The maximum absolute atomic E-state index is 11.5. The van der Waals surface area contributed by atoms with Crippen molar-refractivity contribution in [3.05, 3.63) is 34.2 Å². The summed E-state index contributed by atoms with van der Waals surface area (Å²) in [5.74, 6) is -1.54. The number of carbonyl (C=O) groups is 2. The number of hydrogen-bond donors (Lipinski definition) is 2. The summed E-state index contributed by atoms with van der Waals surface area (Å²) in [5.41, 5.74) is -0.0641. The third kappa shape index (κ3) is 2.94. The van der Waals surface area contributed by atoms with Gasteiger partial charge in [-0.3, -0.25) is 14.4 Å². The molecular weight excluding hydrogens is 200 g/mol. The Kier molecular flexibility index (Phi) is 3.22. The number of aromatic amines is 1. The summed E-state index contributed by atoms with van der Waals surface area (Å²) in [6, 6.07) is 2.56. The summed E-state index contributed by atoms with van der Waals surface area (Å²) in [4.78, 5) is 36.0. The topological polar surface area (TPSA) is 90.5 Å². The summed E-state index contributed by atoms with van der Waals surface area (Å²) in [6.45, 7) is -0.377. The lowest BCUT2D eigenvalue weighted by Crippen LogP contribution is -2.32. The van der Waals surface area contributed by atoms with Crippen molar-refractivity contribution in [2.75, 3.05) is 13.6 Å². The van der Waals surface area contributed by atoms with Gasteiger partial charge in [0.25, 0.3) is 5.91 Å². The van der Waals surface area contributed by atoms with E-state index < -0.39 is 11.9 Å². The molecule has 1 rings (SSSR count). The molecule has 0 atom stereocenters. The number of aromatic nitrogens is 1. The molecule has 0 saturated heterocycles. The smallest absolute Gasteiger partial charge is 0.323 e. The number of carbonyl (C=O) groups excluding carboxylic acids is 1. The number of H-pyrrole nitrogens is 1. The SMILES string of the molecule is CN(CC(=O)O)C(=O)c1ccc(=O)[nH]c1. The molecule has 0 bridgehead atoms. The fourth-order valence-corrected chi connectivity index (χ4v) is 1.04. The Morgan fingerprint density at radius 3 is 2.60 bits per heavy atom. The second-order valence-corrected chi connectivity index (χ2v) is 3.00. The lowest BCUT2D eigenvalue weighted by Gasteiger charge is -2.13. The Balaban J connectivity index is 2.80. The maximum Gasteiger partial charge on any atom is 0.323 e. The van der Waals surface area contributed by atoms with E-state index in [-0.39, 0.29) is 17.7 Å². The minimum absolute atomic E-state index is 0.248. The van der Waals surface area contributed by atoms with E-state index in [0.717, 1.165) is 4.90 Å². The maximum atomic E-state index is 11.5. The average Bonchev–Trinajstić information content (AvgIpc) is 2.17. The van der Waals surface area contributed by atoms with Crippen molar-refractivity contribution in [3.8, 4) is 0 Å². The molecule has 0 aliphatic carbocycles. The van der Waals surface area contributed by atoms with Crippen molar-refractivity contribution in [1.82, 2.24) is 9.88 Å². The van der Waals surface area contributed by atoms with Gasteiger partial charge in [-0.05, 0) is 6.07 Å². The van der Waals surface area contributed by atoms with Gasteiger partial charge in [0.1, 0.15) is 6.54 Å². The predicted molar refractivity (Wildman–Crippen MR) is 51.7 cm³/mol. The lowest BCUT2D eigenvalue weighted by molar-refractivity contribution is -0.137. The Morgan fingerprint density at radius 2 is 2.13 bits per heavy atom. The molecule has 6 nitrogen and oxygen atoms in total. The number of amides is 1. The first kappa shape index (κ1) is 11.0. The molecule has 0 radical (unpaired) electrons.